The monoisotopic (exact) mass is 942 g/mol. The van der Waals surface area contributed by atoms with Crippen molar-refractivity contribution in [3.63, 3.8) is 0 Å². The lowest BCUT2D eigenvalue weighted by Crippen LogP contribution is -2.21. The molecular weight excluding hydrogens is 885 g/mol. The Morgan fingerprint density at radius 1 is 0.557 bits per heavy atom. The van der Waals surface area contributed by atoms with Crippen molar-refractivity contribution in [2.45, 2.75) is 13.5 Å². The summed E-state index contributed by atoms with van der Waals surface area (Å²) in [6.45, 7) is 7.16. The fourth-order valence-corrected chi connectivity index (χ4v) is 7.60. The fourth-order valence-electron chi connectivity index (χ4n) is 7.60. The molecule has 0 saturated heterocycles. The quantitative estimate of drug-likeness (QED) is 0.0498. The number of nitro benzene ring substituents is 1. The zero-order valence-electron chi connectivity index (χ0n) is 40.5. The SMILES string of the molecule is CN(C)CCNc1ccc(-c2nc3ccccc3o2)cc1N.CN(C)CCNc1ccc(-c2nc3ccccc3o2)cc1[N+](=O)[O-].Cc1nc2cc(-c3nc4ccccc4o3)ccc2n1CCN(C)C. The molecule has 0 aliphatic rings. The van der Waals surface area contributed by atoms with Crippen LogP contribution >= 0.6 is 0 Å². The smallest absolute Gasteiger partial charge is 0.293 e. The summed E-state index contributed by atoms with van der Waals surface area (Å²) in [4.78, 5) is 35.4. The maximum absolute atomic E-state index is 11.4. The van der Waals surface area contributed by atoms with Crippen LogP contribution in [0.5, 0.6) is 0 Å². The summed E-state index contributed by atoms with van der Waals surface area (Å²) in [6.07, 6.45) is 0. The van der Waals surface area contributed by atoms with E-state index in [1.165, 1.54) is 6.07 Å². The number of likely N-dealkylation sites (N-methyl/N-ethyl adjacent to an activating group) is 3. The predicted molar refractivity (Wildman–Crippen MR) is 280 cm³/mol. The van der Waals surface area contributed by atoms with E-state index in [1.807, 2.05) is 124 Å². The highest BCUT2D eigenvalue weighted by atomic mass is 16.6. The van der Waals surface area contributed by atoms with Gasteiger partial charge in [-0.1, -0.05) is 36.4 Å². The van der Waals surface area contributed by atoms with Crippen molar-refractivity contribution in [1.29, 1.82) is 0 Å². The van der Waals surface area contributed by atoms with E-state index in [-0.39, 0.29) is 5.69 Å². The topological polar surface area (TPSA) is 199 Å². The molecule has 360 valence electrons. The molecule has 17 nitrogen and oxygen atoms in total. The van der Waals surface area contributed by atoms with Crippen molar-refractivity contribution in [1.82, 2.24) is 39.2 Å². The molecule has 70 heavy (non-hydrogen) atoms. The number of anilines is 3. The summed E-state index contributed by atoms with van der Waals surface area (Å²) >= 11 is 0. The minimum Gasteiger partial charge on any atom is -0.436 e. The van der Waals surface area contributed by atoms with E-state index in [0.29, 0.717) is 46.7 Å². The number of hydrogen-bond donors (Lipinski definition) is 3. The molecule has 0 radical (unpaired) electrons. The number of nitro groups is 1. The molecule has 4 aromatic heterocycles. The summed E-state index contributed by atoms with van der Waals surface area (Å²) < 4.78 is 19.6. The number of aromatic nitrogens is 5. The van der Waals surface area contributed by atoms with Gasteiger partial charge in [-0.25, -0.2) is 19.9 Å². The maximum Gasteiger partial charge on any atom is 0.293 e. The van der Waals surface area contributed by atoms with Crippen LogP contribution in [0.3, 0.4) is 0 Å². The zero-order valence-corrected chi connectivity index (χ0v) is 40.5. The molecule has 4 heterocycles. The Morgan fingerprint density at radius 3 is 1.47 bits per heavy atom. The first-order valence-corrected chi connectivity index (χ1v) is 22.9. The normalized spacial score (nSPS) is 11.4. The first-order valence-electron chi connectivity index (χ1n) is 22.9. The maximum atomic E-state index is 11.4. The number of nitrogens with two attached hydrogens (primary N) is 1. The lowest BCUT2D eigenvalue weighted by Gasteiger charge is -2.13. The Labute approximate surface area is 405 Å². The number of nitrogens with one attached hydrogen (secondary N) is 2. The second-order valence-corrected chi connectivity index (χ2v) is 17.5. The molecule has 0 saturated carbocycles. The van der Waals surface area contributed by atoms with Crippen LogP contribution in [0.25, 0.3) is 78.7 Å². The number of aryl methyl sites for hydroxylation is 1. The highest BCUT2D eigenvalue weighted by molar-refractivity contribution is 5.84. The lowest BCUT2D eigenvalue weighted by atomic mass is 10.1. The van der Waals surface area contributed by atoms with Gasteiger partial charge in [0.05, 0.1) is 27.3 Å². The molecule has 4 N–H and O–H groups in total. The van der Waals surface area contributed by atoms with Gasteiger partial charge in [-0.05, 0) is 134 Å². The summed E-state index contributed by atoms with van der Waals surface area (Å²) in [5.74, 6) is 2.63. The van der Waals surface area contributed by atoms with Gasteiger partial charge in [0.15, 0.2) is 16.7 Å². The van der Waals surface area contributed by atoms with Gasteiger partial charge in [-0.3, -0.25) is 10.1 Å². The minimum absolute atomic E-state index is 0.00788. The Hall–Kier alpha value is -8.12. The number of nitrogen functional groups attached to an aromatic ring is 1. The molecule has 6 aromatic carbocycles. The second-order valence-electron chi connectivity index (χ2n) is 17.5. The van der Waals surface area contributed by atoms with Gasteiger partial charge in [0.1, 0.15) is 28.1 Å². The van der Waals surface area contributed by atoms with Gasteiger partial charge in [0, 0.05) is 62.0 Å². The van der Waals surface area contributed by atoms with Crippen molar-refractivity contribution >= 4 is 67.1 Å². The van der Waals surface area contributed by atoms with Crippen molar-refractivity contribution in [3.8, 4) is 34.4 Å². The van der Waals surface area contributed by atoms with Gasteiger partial charge in [0.25, 0.3) is 5.69 Å². The van der Waals surface area contributed by atoms with E-state index in [9.17, 15) is 10.1 Å². The first kappa shape index (κ1) is 48.3. The molecular formula is C53H58N12O5. The zero-order chi connectivity index (χ0) is 49.3. The highest BCUT2D eigenvalue weighted by Gasteiger charge is 2.18. The molecule has 17 heteroatoms. The second kappa shape index (κ2) is 21.9. The Morgan fingerprint density at radius 2 is 1.00 bits per heavy atom. The van der Waals surface area contributed by atoms with Crippen molar-refractivity contribution in [3.05, 3.63) is 143 Å². The van der Waals surface area contributed by atoms with Gasteiger partial charge >= 0.3 is 0 Å². The van der Waals surface area contributed by atoms with E-state index in [2.05, 4.69) is 79.2 Å². The van der Waals surface area contributed by atoms with Crippen LogP contribution < -0.4 is 16.4 Å². The van der Waals surface area contributed by atoms with E-state index in [4.69, 9.17) is 24.0 Å². The van der Waals surface area contributed by atoms with E-state index < -0.39 is 4.92 Å². The largest absolute Gasteiger partial charge is 0.436 e. The van der Waals surface area contributed by atoms with Gasteiger partial charge in [-0.15, -0.1) is 0 Å². The Bertz CT molecular complexity index is 3270. The van der Waals surface area contributed by atoms with Crippen LogP contribution in [-0.2, 0) is 6.54 Å². The highest BCUT2D eigenvalue weighted by Crippen LogP contribution is 2.33. The van der Waals surface area contributed by atoms with E-state index in [1.54, 1.807) is 12.1 Å². The molecule has 10 rings (SSSR count). The average Bonchev–Trinajstić information content (AvgIpc) is 4.15. The lowest BCUT2D eigenvalue weighted by molar-refractivity contribution is -0.383. The van der Waals surface area contributed by atoms with Crippen LogP contribution in [0.2, 0.25) is 0 Å². The fraction of sp³-hybridized carbons (Fsp3) is 0.245. The molecule has 0 aliphatic carbocycles. The Kier molecular flexibility index (Phi) is 15.1. The summed E-state index contributed by atoms with van der Waals surface area (Å²) in [5, 5.41) is 17.8. The van der Waals surface area contributed by atoms with Crippen molar-refractivity contribution < 1.29 is 18.2 Å². The third-order valence-corrected chi connectivity index (χ3v) is 11.3. The van der Waals surface area contributed by atoms with Crippen LogP contribution in [0.1, 0.15) is 5.82 Å². The number of benzene rings is 6. The molecule has 0 atom stereocenters. The van der Waals surface area contributed by atoms with Crippen LogP contribution in [0.15, 0.2) is 141 Å². The van der Waals surface area contributed by atoms with Crippen molar-refractivity contribution in [2.24, 2.45) is 0 Å². The third kappa shape index (κ3) is 11.8. The minimum atomic E-state index is -0.399. The van der Waals surface area contributed by atoms with E-state index in [0.717, 1.165) is 94.1 Å². The van der Waals surface area contributed by atoms with E-state index >= 15 is 0 Å². The number of hydrogen-bond acceptors (Lipinski definition) is 15. The van der Waals surface area contributed by atoms with Crippen LogP contribution in [0.4, 0.5) is 22.7 Å². The number of para-hydroxylation sites is 6. The molecule has 0 bridgehead atoms. The molecule has 0 amide bonds. The van der Waals surface area contributed by atoms with Gasteiger partial charge in [0.2, 0.25) is 17.7 Å². The van der Waals surface area contributed by atoms with Crippen LogP contribution in [-0.4, -0.2) is 119 Å². The number of nitrogens with zero attached hydrogens (tertiary/aromatic N) is 9. The third-order valence-electron chi connectivity index (χ3n) is 11.3. The standard InChI is InChI=1S/C19H20N4O.C17H18N4O3.C17H20N4O/c1-13-20-16-12-14(8-9-17(16)23(13)11-10-22(2)3)19-21-15-6-4-5-7-18(15)24-19;1-20(2)10-9-18-13-8-7-12(11-15(13)21(22)23)17-19-14-5-3-4-6-16(14)24-17;1-21(2)10-9-19-14-8-7-12(11-13(14)18)17-20-15-5-3-4-6-16(15)22-17/h4-9,12H,10-11H2,1-3H3;3-8,11,18H,9-10H2,1-2H3;3-8,11,19H,9-10,18H2,1-2H3. The molecule has 0 unspecified atom stereocenters. The number of rotatable bonds is 15. The number of fused-ring (bicyclic) bond motifs is 4. The number of oxazole rings is 3. The average molecular weight is 943 g/mol. The number of imidazole rings is 1. The molecule has 0 aliphatic heterocycles. The summed E-state index contributed by atoms with van der Waals surface area (Å²) in [5.41, 5.74) is 17.5. The molecule has 0 fully saturated rings. The van der Waals surface area contributed by atoms with Crippen LogP contribution in [0, 0.1) is 17.0 Å². The first-order chi connectivity index (χ1) is 33.8. The predicted octanol–water partition coefficient (Wildman–Crippen LogP) is 10.1. The summed E-state index contributed by atoms with van der Waals surface area (Å²) in [6, 6.07) is 39.9. The summed E-state index contributed by atoms with van der Waals surface area (Å²) in [7, 11) is 12.2. The molecule has 10 aromatic rings. The van der Waals surface area contributed by atoms with Crippen molar-refractivity contribution in [2.75, 3.05) is 91.4 Å². The van der Waals surface area contributed by atoms with Gasteiger partial charge < -0.3 is 48.9 Å². The molecule has 0 spiro atoms. The Balaban J connectivity index is 0.000000141. The van der Waals surface area contributed by atoms with Gasteiger partial charge in [-0.2, -0.15) is 0 Å².